The maximum absolute atomic E-state index is 12.0. The molecule has 0 aliphatic carbocycles. The molecule has 0 bridgehead atoms. The Kier molecular flexibility index (Phi) is 7.66. The first-order chi connectivity index (χ1) is 14.0. The van der Waals surface area contributed by atoms with Gasteiger partial charge in [0.25, 0.3) is 0 Å². The summed E-state index contributed by atoms with van der Waals surface area (Å²) in [6.45, 7) is 4.04. The number of methoxy groups -OCH3 is 1. The Morgan fingerprint density at radius 3 is 2.90 bits per heavy atom. The van der Waals surface area contributed by atoms with E-state index in [4.69, 9.17) is 9.47 Å². The summed E-state index contributed by atoms with van der Waals surface area (Å²) in [6.07, 6.45) is 6.05. The van der Waals surface area contributed by atoms with Crippen LogP contribution in [0.4, 0.5) is 0 Å². The second-order valence-corrected chi connectivity index (χ2v) is 7.93. The molecule has 0 radical (unpaired) electrons. The van der Waals surface area contributed by atoms with Gasteiger partial charge in [-0.15, -0.1) is 0 Å². The van der Waals surface area contributed by atoms with Gasteiger partial charge in [-0.25, -0.2) is 0 Å². The zero-order valence-corrected chi connectivity index (χ0v) is 17.7. The molecule has 1 amide bonds. The maximum atomic E-state index is 12.0. The van der Waals surface area contributed by atoms with Gasteiger partial charge < -0.3 is 14.4 Å². The van der Waals surface area contributed by atoms with E-state index >= 15 is 0 Å². The number of likely N-dealkylation sites (tertiary alicyclic amines) is 1. The number of ether oxygens (including phenoxy) is 2. The number of benzene rings is 1. The van der Waals surface area contributed by atoms with Crippen LogP contribution in [0.2, 0.25) is 0 Å². The van der Waals surface area contributed by atoms with E-state index in [9.17, 15) is 4.79 Å². The van der Waals surface area contributed by atoms with E-state index < -0.39 is 0 Å². The second-order valence-electron chi connectivity index (χ2n) is 7.93. The number of aryl methyl sites for hydroxylation is 1. The molecule has 2 aromatic rings. The minimum absolute atomic E-state index is 0.0656. The standard InChI is InChI=1S/C22H32N4O3/c1-24(13-20-11-23-25(2)14-20)12-18-6-4-8-21(10-18)29-16-19-7-5-9-26(15-19)22(27)17-28-3/h4,6,8,10-11,14,19H,5,7,9,12-13,15-17H2,1-3H3. The summed E-state index contributed by atoms with van der Waals surface area (Å²) in [4.78, 5) is 16.2. The van der Waals surface area contributed by atoms with Gasteiger partial charge >= 0.3 is 0 Å². The molecule has 29 heavy (non-hydrogen) atoms. The quantitative estimate of drug-likeness (QED) is 0.647. The topological polar surface area (TPSA) is 59.8 Å². The largest absolute Gasteiger partial charge is 0.493 e. The Morgan fingerprint density at radius 1 is 1.31 bits per heavy atom. The lowest BCUT2D eigenvalue weighted by Crippen LogP contribution is -2.43. The summed E-state index contributed by atoms with van der Waals surface area (Å²) in [6, 6.07) is 8.27. The van der Waals surface area contributed by atoms with Crippen LogP contribution in [0, 0.1) is 5.92 Å². The fraction of sp³-hybridized carbons (Fsp3) is 0.545. The van der Waals surface area contributed by atoms with Crippen molar-refractivity contribution in [3.8, 4) is 5.75 Å². The van der Waals surface area contributed by atoms with Crippen molar-refractivity contribution in [2.24, 2.45) is 13.0 Å². The highest BCUT2D eigenvalue weighted by atomic mass is 16.5. The molecular weight excluding hydrogens is 368 g/mol. The average Bonchev–Trinajstić information content (AvgIpc) is 3.11. The molecule has 158 valence electrons. The summed E-state index contributed by atoms with van der Waals surface area (Å²) < 4.78 is 12.9. The summed E-state index contributed by atoms with van der Waals surface area (Å²) in [5.41, 5.74) is 2.42. The zero-order valence-electron chi connectivity index (χ0n) is 17.7. The van der Waals surface area contributed by atoms with E-state index in [2.05, 4.69) is 29.2 Å². The highest BCUT2D eigenvalue weighted by Gasteiger charge is 2.23. The molecule has 1 saturated heterocycles. The van der Waals surface area contributed by atoms with Crippen LogP contribution < -0.4 is 4.74 Å². The molecule has 1 aromatic carbocycles. The SMILES string of the molecule is COCC(=O)N1CCCC(COc2cccc(CN(C)Cc3cnn(C)c3)c2)C1. The number of carbonyl (C=O) groups is 1. The normalized spacial score (nSPS) is 17.0. The number of nitrogens with zero attached hydrogens (tertiary/aromatic N) is 4. The number of hydrogen-bond donors (Lipinski definition) is 0. The summed E-state index contributed by atoms with van der Waals surface area (Å²) in [5, 5.41) is 4.22. The number of rotatable bonds is 9. The third kappa shape index (κ3) is 6.58. The van der Waals surface area contributed by atoms with Gasteiger partial charge in [-0.2, -0.15) is 5.10 Å². The van der Waals surface area contributed by atoms with E-state index in [1.54, 1.807) is 7.11 Å². The molecule has 0 spiro atoms. The van der Waals surface area contributed by atoms with Crippen molar-refractivity contribution in [2.75, 3.05) is 40.5 Å². The van der Waals surface area contributed by atoms with Crippen LogP contribution in [0.25, 0.3) is 0 Å². The average molecular weight is 401 g/mol. The monoisotopic (exact) mass is 400 g/mol. The third-order valence-corrected chi connectivity index (χ3v) is 5.19. The molecule has 1 fully saturated rings. The molecule has 2 heterocycles. The molecule has 1 aromatic heterocycles. The molecule has 1 unspecified atom stereocenters. The van der Waals surface area contributed by atoms with Gasteiger partial charge in [0.15, 0.2) is 0 Å². The van der Waals surface area contributed by atoms with Gasteiger partial charge in [-0.1, -0.05) is 12.1 Å². The number of piperidine rings is 1. The van der Waals surface area contributed by atoms with Crippen LogP contribution in [0.3, 0.4) is 0 Å². The fourth-order valence-electron chi connectivity index (χ4n) is 3.82. The zero-order chi connectivity index (χ0) is 20.6. The Bertz CT molecular complexity index is 792. The number of aromatic nitrogens is 2. The fourth-order valence-corrected chi connectivity index (χ4v) is 3.82. The Labute approximate surface area is 173 Å². The van der Waals surface area contributed by atoms with Crippen LogP contribution in [0.5, 0.6) is 5.75 Å². The van der Waals surface area contributed by atoms with Crippen molar-refractivity contribution in [3.05, 3.63) is 47.8 Å². The van der Waals surface area contributed by atoms with Gasteiger partial charge in [0, 0.05) is 58.0 Å². The van der Waals surface area contributed by atoms with Crippen molar-refractivity contribution in [1.82, 2.24) is 19.6 Å². The first-order valence-electron chi connectivity index (χ1n) is 10.2. The molecule has 7 nitrogen and oxygen atoms in total. The highest BCUT2D eigenvalue weighted by Crippen LogP contribution is 2.20. The first kappa shape index (κ1) is 21.3. The van der Waals surface area contributed by atoms with Crippen molar-refractivity contribution in [2.45, 2.75) is 25.9 Å². The Hall–Kier alpha value is -2.38. The van der Waals surface area contributed by atoms with E-state index in [1.807, 2.05) is 41.2 Å². The van der Waals surface area contributed by atoms with Crippen molar-refractivity contribution in [3.63, 3.8) is 0 Å². The van der Waals surface area contributed by atoms with Crippen molar-refractivity contribution < 1.29 is 14.3 Å². The number of hydrogen-bond acceptors (Lipinski definition) is 5. The van der Waals surface area contributed by atoms with Gasteiger partial charge in [-0.05, 0) is 37.6 Å². The van der Waals surface area contributed by atoms with Crippen LogP contribution in [0.1, 0.15) is 24.0 Å². The summed E-state index contributed by atoms with van der Waals surface area (Å²) in [5.74, 6) is 1.31. The number of carbonyl (C=O) groups excluding carboxylic acids is 1. The van der Waals surface area contributed by atoms with Gasteiger partial charge in [0.05, 0.1) is 12.8 Å². The maximum Gasteiger partial charge on any atom is 0.248 e. The van der Waals surface area contributed by atoms with Crippen molar-refractivity contribution in [1.29, 1.82) is 0 Å². The van der Waals surface area contributed by atoms with E-state index in [0.717, 1.165) is 44.8 Å². The molecule has 3 rings (SSSR count). The van der Waals surface area contributed by atoms with Crippen molar-refractivity contribution >= 4 is 5.91 Å². The highest BCUT2D eigenvalue weighted by molar-refractivity contribution is 5.77. The minimum atomic E-state index is 0.0656. The molecule has 0 N–H and O–H groups in total. The lowest BCUT2D eigenvalue weighted by atomic mass is 9.99. The smallest absolute Gasteiger partial charge is 0.248 e. The van der Waals surface area contributed by atoms with E-state index in [-0.39, 0.29) is 12.5 Å². The third-order valence-electron chi connectivity index (χ3n) is 5.19. The lowest BCUT2D eigenvalue weighted by molar-refractivity contribution is -0.137. The summed E-state index contributed by atoms with van der Waals surface area (Å²) in [7, 11) is 5.60. The van der Waals surface area contributed by atoms with Crippen LogP contribution in [-0.4, -0.2) is 65.9 Å². The first-order valence-corrected chi connectivity index (χ1v) is 10.2. The van der Waals surface area contributed by atoms with Crippen LogP contribution in [0.15, 0.2) is 36.7 Å². The molecule has 1 aliphatic heterocycles. The van der Waals surface area contributed by atoms with Crippen LogP contribution >= 0.6 is 0 Å². The summed E-state index contributed by atoms with van der Waals surface area (Å²) >= 11 is 0. The van der Waals surface area contributed by atoms with Gasteiger partial charge in [0.2, 0.25) is 5.91 Å². The predicted octanol–water partition coefficient (Wildman–Crippen LogP) is 2.32. The van der Waals surface area contributed by atoms with Gasteiger partial charge in [0.1, 0.15) is 12.4 Å². The van der Waals surface area contributed by atoms with E-state index in [1.165, 1.54) is 11.1 Å². The predicted molar refractivity (Wildman–Crippen MR) is 111 cm³/mol. The molecular formula is C22H32N4O3. The van der Waals surface area contributed by atoms with Gasteiger partial charge in [-0.3, -0.25) is 14.4 Å². The Morgan fingerprint density at radius 2 is 2.14 bits per heavy atom. The molecule has 1 aliphatic rings. The van der Waals surface area contributed by atoms with E-state index in [0.29, 0.717) is 12.5 Å². The molecule has 0 saturated carbocycles. The number of amides is 1. The Balaban J connectivity index is 1.48. The minimum Gasteiger partial charge on any atom is -0.493 e. The lowest BCUT2D eigenvalue weighted by Gasteiger charge is -2.32. The molecule has 7 heteroatoms. The van der Waals surface area contributed by atoms with Crippen LogP contribution in [-0.2, 0) is 29.7 Å². The molecule has 1 atom stereocenters. The second kappa shape index (κ2) is 10.4.